The molecule has 204 valence electrons. The monoisotopic (exact) mass is 543 g/mol. The van der Waals surface area contributed by atoms with Crippen molar-refractivity contribution in [3.63, 3.8) is 0 Å². The minimum atomic E-state index is -0.0796. The molecule has 0 atom stereocenters. The molecule has 0 fully saturated rings. The Morgan fingerprint density at radius 1 is 1.13 bits per heavy atom. The summed E-state index contributed by atoms with van der Waals surface area (Å²) in [5.41, 5.74) is 6.01. The maximum Gasteiger partial charge on any atom is 0.265 e. The highest BCUT2D eigenvalue weighted by Crippen LogP contribution is 2.31. The largest absolute Gasteiger partial charge is 0.336 e. The van der Waals surface area contributed by atoms with E-state index in [2.05, 4.69) is 39.6 Å². The van der Waals surface area contributed by atoms with E-state index >= 15 is 0 Å². The third kappa shape index (κ3) is 7.07. The van der Waals surface area contributed by atoms with Crippen LogP contribution in [0.5, 0.6) is 0 Å². The van der Waals surface area contributed by atoms with Gasteiger partial charge in [0.15, 0.2) is 12.1 Å². The van der Waals surface area contributed by atoms with E-state index in [-0.39, 0.29) is 5.91 Å². The Morgan fingerprint density at radius 2 is 1.92 bits per heavy atom. The zero-order valence-electron chi connectivity index (χ0n) is 23.4. The van der Waals surface area contributed by atoms with Gasteiger partial charge in [0.2, 0.25) is 0 Å². The molecule has 0 bridgehead atoms. The summed E-state index contributed by atoms with van der Waals surface area (Å²) >= 11 is 1.61. The normalized spacial score (nSPS) is 13.9. The van der Waals surface area contributed by atoms with Gasteiger partial charge in [-0.3, -0.25) is 14.5 Å². The van der Waals surface area contributed by atoms with Crippen molar-refractivity contribution in [2.24, 2.45) is 0 Å². The lowest BCUT2D eigenvalue weighted by Crippen LogP contribution is -2.26. The van der Waals surface area contributed by atoms with E-state index < -0.39 is 0 Å². The molecule has 2 N–H and O–H groups in total. The number of aldehydes is 1. The molecule has 7 nitrogen and oxygen atoms in total. The fourth-order valence-corrected chi connectivity index (χ4v) is 5.70. The number of rotatable bonds is 10. The van der Waals surface area contributed by atoms with E-state index in [1.54, 1.807) is 17.4 Å². The van der Waals surface area contributed by atoms with Gasteiger partial charge in [-0.2, -0.15) is 5.10 Å². The highest BCUT2D eigenvalue weighted by atomic mass is 32.1. The second kappa shape index (κ2) is 13.0. The summed E-state index contributed by atoms with van der Waals surface area (Å²) in [6.45, 7) is 8.86. The summed E-state index contributed by atoms with van der Waals surface area (Å²) in [5.74, 6) is 0.417. The molecule has 0 saturated heterocycles. The maximum atomic E-state index is 13.1. The highest BCUT2D eigenvalue weighted by Gasteiger charge is 2.18. The summed E-state index contributed by atoms with van der Waals surface area (Å²) < 4.78 is 0. The molecule has 2 aromatic heterocycles. The summed E-state index contributed by atoms with van der Waals surface area (Å²) in [4.78, 5) is 29.3. The van der Waals surface area contributed by atoms with Crippen molar-refractivity contribution in [1.29, 1.82) is 0 Å². The Morgan fingerprint density at radius 3 is 2.59 bits per heavy atom. The maximum absolute atomic E-state index is 13.1. The number of nitrogens with one attached hydrogen (secondary N) is 2. The molecule has 1 aromatic carbocycles. The van der Waals surface area contributed by atoms with Gasteiger partial charge >= 0.3 is 0 Å². The van der Waals surface area contributed by atoms with Gasteiger partial charge in [0.05, 0.1) is 16.3 Å². The van der Waals surface area contributed by atoms with Crippen LogP contribution in [0.15, 0.2) is 54.2 Å². The fraction of sp³-hybridized carbons (Fsp3) is 0.355. The number of amides is 1. The molecule has 0 saturated carbocycles. The van der Waals surface area contributed by atoms with Crippen molar-refractivity contribution in [1.82, 2.24) is 15.1 Å². The van der Waals surface area contributed by atoms with Crippen LogP contribution in [0.4, 0.5) is 11.5 Å². The Hall–Kier alpha value is -3.62. The van der Waals surface area contributed by atoms with Crippen molar-refractivity contribution in [2.45, 2.75) is 66.0 Å². The van der Waals surface area contributed by atoms with Crippen molar-refractivity contribution in [2.75, 3.05) is 17.7 Å². The molecular weight excluding hydrogens is 506 g/mol. The SMILES string of the molecule is C/C=C(\C=C(/C=O)Nc1ccc(CN(C)C(C)C)nn1)c1cccc(NC(=O)c2cc3c(s2)CCCC3)c1C. The number of carbonyl (C=O) groups is 2. The van der Waals surface area contributed by atoms with Gasteiger partial charge < -0.3 is 10.6 Å². The number of aryl methyl sites for hydroxylation is 2. The van der Waals surface area contributed by atoms with Gasteiger partial charge in [-0.05, 0) is 113 Å². The van der Waals surface area contributed by atoms with Crippen LogP contribution in [0.2, 0.25) is 0 Å². The Balaban J connectivity index is 1.49. The third-order valence-electron chi connectivity index (χ3n) is 7.15. The molecule has 2 heterocycles. The van der Waals surface area contributed by atoms with E-state index in [1.807, 2.05) is 63.4 Å². The molecule has 4 rings (SSSR count). The molecule has 0 unspecified atom stereocenters. The number of hydrogen-bond acceptors (Lipinski definition) is 7. The first-order valence-corrected chi connectivity index (χ1v) is 14.3. The number of thiophene rings is 1. The topological polar surface area (TPSA) is 87.2 Å². The van der Waals surface area contributed by atoms with E-state index in [1.165, 1.54) is 23.3 Å². The van der Waals surface area contributed by atoms with Crippen LogP contribution < -0.4 is 10.6 Å². The number of carbonyl (C=O) groups excluding carboxylic acids is 2. The third-order valence-corrected chi connectivity index (χ3v) is 8.38. The van der Waals surface area contributed by atoms with Gasteiger partial charge in [0, 0.05) is 23.2 Å². The van der Waals surface area contributed by atoms with Crippen LogP contribution in [0.3, 0.4) is 0 Å². The first-order chi connectivity index (χ1) is 18.8. The predicted octanol–water partition coefficient (Wildman–Crippen LogP) is 6.42. The van der Waals surface area contributed by atoms with E-state index in [0.717, 1.165) is 52.1 Å². The van der Waals surface area contributed by atoms with Crippen molar-refractivity contribution in [3.8, 4) is 0 Å². The molecule has 0 aliphatic heterocycles. The predicted molar refractivity (Wildman–Crippen MR) is 160 cm³/mol. The second-order valence-corrected chi connectivity index (χ2v) is 11.3. The fourth-order valence-electron chi connectivity index (χ4n) is 4.55. The Bertz CT molecular complexity index is 1360. The smallest absolute Gasteiger partial charge is 0.265 e. The zero-order chi connectivity index (χ0) is 27.9. The second-order valence-electron chi connectivity index (χ2n) is 10.2. The van der Waals surface area contributed by atoms with Crippen LogP contribution >= 0.6 is 11.3 Å². The molecule has 0 radical (unpaired) electrons. The van der Waals surface area contributed by atoms with Gasteiger partial charge in [-0.1, -0.05) is 18.2 Å². The van der Waals surface area contributed by atoms with E-state index in [4.69, 9.17) is 0 Å². The van der Waals surface area contributed by atoms with Gasteiger partial charge in [0.25, 0.3) is 5.91 Å². The summed E-state index contributed by atoms with van der Waals surface area (Å²) in [5, 5.41) is 14.7. The number of benzene rings is 1. The molecule has 8 heteroatoms. The van der Waals surface area contributed by atoms with Gasteiger partial charge in [-0.15, -0.1) is 16.4 Å². The molecule has 1 aliphatic rings. The Labute approximate surface area is 235 Å². The van der Waals surface area contributed by atoms with Crippen LogP contribution in [-0.4, -0.2) is 40.4 Å². The minimum absolute atomic E-state index is 0.0796. The number of anilines is 2. The van der Waals surface area contributed by atoms with Crippen molar-refractivity contribution in [3.05, 3.63) is 86.4 Å². The average molecular weight is 544 g/mol. The van der Waals surface area contributed by atoms with E-state index in [9.17, 15) is 9.59 Å². The number of fused-ring (bicyclic) bond motifs is 1. The highest BCUT2D eigenvalue weighted by molar-refractivity contribution is 7.14. The molecule has 3 aromatic rings. The number of aromatic nitrogens is 2. The van der Waals surface area contributed by atoms with E-state index in [0.29, 0.717) is 24.1 Å². The van der Waals surface area contributed by atoms with Crippen LogP contribution in [0.25, 0.3) is 5.57 Å². The Kier molecular flexibility index (Phi) is 9.43. The number of allylic oxidation sites excluding steroid dienone is 4. The molecule has 1 amide bonds. The standard InChI is InChI=1S/C31H37N5O2S/c1-6-22(16-25(19-37)32-30-15-14-24(34-35-30)18-36(5)20(2)3)26-11-9-12-27(21(26)4)33-31(38)29-17-23-10-7-8-13-28(23)39-29/h6,9,11-12,14-17,19-20H,7-8,10,13,18H2,1-5H3,(H,32,35)(H,33,38)/b22-6+,25-16+. The summed E-state index contributed by atoms with van der Waals surface area (Å²) in [6.07, 6.45) is 9.02. The van der Waals surface area contributed by atoms with Crippen molar-refractivity contribution >= 4 is 40.6 Å². The lowest BCUT2D eigenvalue weighted by Gasteiger charge is -2.20. The van der Waals surface area contributed by atoms with Crippen LogP contribution in [0, 0.1) is 6.92 Å². The average Bonchev–Trinajstić information content (AvgIpc) is 3.38. The molecule has 39 heavy (non-hydrogen) atoms. The molecule has 1 aliphatic carbocycles. The van der Waals surface area contributed by atoms with Crippen LogP contribution in [-0.2, 0) is 24.2 Å². The molecule has 0 spiro atoms. The first-order valence-electron chi connectivity index (χ1n) is 13.4. The lowest BCUT2D eigenvalue weighted by molar-refractivity contribution is -0.104. The zero-order valence-corrected chi connectivity index (χ0v) is 24.2. The molecular formula is C31H37N5O2S. The van der Waals surface area contributed by atoms with Gasteiger partial charge in [-0.25, -0.2) is 0 Å². The number of hydrogen-bond donors (Lipinski definition) is 2. The van der Waals surface area contributed by atoms with Crippen molar-refractivity contribution < 1.29 is 9.59 Å². The minimum Gasteiger partial charge on any atom is -0.336 e. The summed E-state index contributed by atoms with van der Waals surface area (Å²) in [7, 11) is 2.04. The van der Waals surface area contributed by atoms with Gasteiger partial charge in [0.1, 0.15) is 0 Å². The summed E-state index contributed by atoms with van der Waals surface area (Å²) in [6, 6.07) is 12.0. The first kappa shape index (κ1) is 28.4. The van der Waals surface area contributed by atoms with Crippen LogP contribution in [0.1, 0.15) is 70.5 Å². The number of nitrogens with zero attached hydrogens (tertiary/aromatic N) is 3. The lowest BCUT2D eigenvalue weighted by atomic mass is 9.97. The quantitative estimate of drug-likeness (QED) is 0.174.